The first-order chi connectivity index (χ1) is 7.85. The quantitative estimate of drug-likeness (QED) is 0.757. The van der Waals surface area contributed by atoms with Crippen LogP contribution in [0, 0.1) is 11.3 Å². The molecule has 0 aliphatic carbocycles. The summed E-state index contributed by atoms with van der Waals surface area (Å²) in [7, 11) is 0. The third-order valence-corrected chi connectivity index (χ3v) is 2.86. The predicted octanol–water partition coefficient (Wildman–Crippen LogP) is 1.52. The lowest BCUT2D eigenvalue weighted by atomic mass is 10.1. The van der Waals surface area contributed by atoms with E-state index >= 15 is 0 Å². The van der Waals surface area contributed by atoms with Gasteiger partial charge in [-0.2, -0.15) is 5.26 Å². The molecule has 1 atom stereocenters. The van der Waals surface area contributed by atoms with Gasteiger partial charge in [-0.15, -0.1) is 6.58 Å². The normalized spacial score (nSPS) is 20.2. The van der Waals surface area contributed by atoms with Gasteiger partial charge >= 0.3 is 0 Å². The molecule has 16 heavy (non-hydrogen) atoms. The molecule has 0 spiro atoms. The summed E-state index contributed by atoms with van der Waals surface area (Å²) in [5.41, 5.74) is 1.81. The molecule has 1 aromatic rings. The van der Waals surface area contributed by atoms with Crippen LogP contribution in [0.25, 0.3) is 0 Å². The van der Waals surface area contributed by atoms with Gasteiger partial charge in [-0.25, -0.2) is 0 Å². The Bertz CT molecular complexity index is 419. The molecule has 0 aromatic heterocycles. The predicted molar refractivity (Wildman–Crippen MR) is 65.4 cm³/mol. The molecule has 3 nitrogen and oxygen atoms in total. The SMILES string of the molecule is C=C[C@H]1CNCCN1c1cccc(C#N)c1. The Morgan fingerprint density at radius 2 is 2.44 bits per heavy atom. The molecule has 1 aliphatic heterocycles. The highest BCUT2D eigenvalue weighted by Crippen LogP contribution is 2.19. The number of nitrogens with one attached hydrogen (secondary N) is 1. The summed E-state index contributed by atoms with van der Waals surface area (Å²) < 4.78 is 0. The van der Waals surface area contributed by atoms with Crippen LogP contribution in [0.5, 0.6) is 0 Å². The third-order valence-electron chi connectivity index (χ3n) is 2.86. The fraction of sp³-hybridized carbons (Fsp3) is 0.308. The zero-order valence-electron chi connectivity index (χ0n) is 9.19. The van der Waals surface area contributed by atoms with E-state index in [1.807, 2.05) is 30.3 Å². The fourth-order valence-electron chi connectivity index (χ4n) is 2.01. The molecule has 0 amide bonds. The second-order valence-corrected chi connectivity index (χ2v) is 3.86. The van der Waals surface area contributed by atoms with Crippen LogP contribution in [-0.4, -0.2) is 25.7 Å². The summed E-state index contributed by atoms with van der Waals surface area (Å²) >= 11 is 0. The van der Waals surface area contributed by atoms with Crippen LogP contribution >= 0.6 is 0 Å². The van der Waals surface area contributed by atoms with E-state index in [1.165, 1.54) is 0 Å². The first-order valence-electron chi connectivity index (χ1n) is 5.45. The molecule has 1 heterocycles. The van der Waals surface area contributed by atoms with Gasteiger partial charge in [-0.1, -0.05) is 12.1 Å². The van der Waals surface area contributed by atoms with Crippen molar-refractivity contribution < 1.29 is 0 Å². The number of rotatable bonds is 2. The largest absolute Gasteiger partial charge is 0.363 e. The monoisotopic (exact) mass is 213 g/mol. The zero-order valence-corrected chi connectivity index (χ0v) is 9.19. The van der Waals surface area contributed by atoms with Crippen molar-refractivity contribution in [2.75, 3.05) is 24.5 Å². The Hall–Kier alpha value is -1.79. The Morgan fingerprint density at radius 3 is 3.19 bits per heavy atom. The molecule has 2 rings (SSSR count). The summed E-state index contributed by atoms with van der Waals surface area (Å²) in [6, 6.07) is 10.2. The second kappa shape index (κ2) is 4.82. The summed E-state index contributed by atoms with van der Waals surface area (Å²) in [6.07, 6.45) is 1.95. The maximum absolute atomic E-state index is 8.88. The van der Waals surface area contributed by atoms with E-state index in [0.29, 0.717) is 11.6 Å². The molecule has 0 radical (unpaired) electrons. The van der Waals surface area contributed by atoms with Crippen molar-refractivity contribution in [3.8, 4) is 6.07 Å². The third kappa shape index (κ3) is 2.07. The van der Waals surface area contributed by atoms with Crippen LogP contribution in [0.2, 0.25) is 0 Å². The summed E-state index contributed by atoms with van der Waals surface area (Å²) in [6.45, 7) is 6.70. The van der Waals surface area contributed by atoms with E-state index in [9.17, 15) is 0 Å². The van der Waals surface area contributed by atoms with Gasteiger partial charge in [0.05, 0.1) is 17.7 Å². The van der Waals surface area contributed by atoms with E-state index in [2.05, 4.69) is 22.9 Å². The van der Waals surface area contributed by atoms with Gasteiger partial charge in [0.15, 0.2) is 0 Å². The Kier molecular flexibility index (Phi) is 3.23. The highest BCUT2D eigenvalue weighted by atomic mass is 15.2. The zero-order chi connectivity index (χ0) is 11.4. The van der Waals surface area contributed by atoms with Crippen LogP contribution in [0.1, 0.15) is 5.56 Å². The lowest BCUT2D eigenvalue weighted by molar-refractivity contribution is 0.530. The molecule has 1 N–H and O–H groups in total. The molecular weight excluding hydrogens is 198 g/mol. The van der Waals surface area contributed by atoms with Gasteiger partial charge in [0.2, 0.25) is 0 Å². The van der Waals surface area contributed by atoms with E-state index in [-0.39, 0.29) is 0 Å². The smallest absolute Gasteiger partial charge is 0.0992 e. The molecule has 0 saturated carbocycles. The summed E-state index contributed by atoms with van der Waals surface area (Å²) in [5, 5.41) is 12.2. The van der Waals surface area contributed by atoms with Crippen molar-refractivity contribution in [3.63, 3.8) is 0 Å². The number of anilines is 1. The molecule has 0 unspecified atom stereocenters. The van der Waals surface area contributed by atoms with Crippen molar-refractivity contribution in [1.82, 2.24) is 5.32 Å². The molecule has 1 aromatic carbocycles. The van der Waals surface area contributed by atoms with Crippen molar-refractivity contribution in [3.05, 3.63) is 42.5 Å². The number of hydrogen-bond acceptors (Lipinski definition) is 3. The summed E-state index contributed by atoms with van der Waals surface area (Å²) in [5.74, 6) is 0. The van der Waals surface area contributed by atoms with E-state index in [1.54, 1.807) is 0 Å². The van der Waals surface area contributed by atoms with Gasteiger partial charge in [-0.3, -0.25) is 0 Å². The van der Waals surface area contributed by atoms with E-state index < -0.39 is 0 Å². The topological polar surface area (TPSA) is 39.1 Å². The van der Waals surface area contributed by atoms with Crippen LogP contribution in [-0.2, 0) is 0 Å². The number of piperazine rings is 1. The molecule has 3 heteroatoms. The Labute approximate surface area is 96.0 Å². The minimum atomic E-state index is 0.308. The minimum Gasteiger partial charge on any atom is -0.363 e. The van der Waals surface area contributed by atoms with Crippen LogP contribution < -0.4 is 10.2 Å². The Balaban J connectivity index is 2.27. The highest BCUT2D eigenvalue weighted by molar-refractivity contribution is 5.53. The molecule has 1 saturated heterocycles. The van der Waals surface area contributed by atoms with Gasteiger partial charge < -0.3 is 10.2 Å². The highest BCUT2D eigenvalue weighted by Gasteiger charge is 2.19. The van der Waals surface area contributed by atoms with Gasteiger partial charge in [0, 0.05) is 25.3 Å². The summed E-state index contributed by atoms with van der Waals surface area (Å²) in [4.78, 5) is 2.28. The van der Waals surface area contributed by atoms with Gasteiger partial charge in [-0.05, 0) is 18.2 Å². The Morgan fingerprint density at radius 1 is 1.56 bits per heavy atom. The average Bonchev–Trinajstić information content (AvgIpc) is 2.38. The number of nitrogens with zero attached hydrogens (tertiary/aromatic N) is 2. The number of nitriles is 1. The van der Waals surface area contributed by atoms with E-state index in [4.69, 9.17) is 5.26 Å². The standard InChI is InChI=1S/C13H15N3/c1-2-12-10-15-6-7-16(12)13-5-3-4-11(8-13)9-14/h2-5,8,12,15H,1,6-7,10H2/t12-/m0/s1. The average molecular weight is 213 g/mol. The maximum atomic E-state index is 8.88. The second-order valence-electron chi connectivity index (χ2n) is 3.86. The van der Waals surface area contributed by atoms with Crippen LogP contribution in [0.3, 0.4) is 0 Å². The molecule has 82 valence electrons. The fourth-order valence-corrected chi connectivity index (χ4v) is 2.01. The number of hydrogen-bond donors (Lipinski definition) is 1. The van der Waals surface area contributed by atoms with Crippen LogP contribution in [0.4, 0.5) is 5.69 Å². The maximum Gasteiger partial charge on any atom is 0.0992 e. The van der Waals surface area contributed by atoms with Crippen molar-refractivity contribution in [1.29, 1.82) is 5.26 Å². The first-order valence-corrected chi connectivity index (χ1v) is 5.45. The van der Waals surface area contributed by atoms with Crippen LogP contribution in [0.15, 0.2) is 36.9 Å². The molecular formula is C13H15N3. The molecule has 1 fully saturated rings. The van der Waals surface area contributed by atoms with E-state index in [0.717, 1.165) is 25.3 Å². The lowest BCUT2D eigenvalue weighted by Crippen LogP contribution is -2.50. The number of benzene rings is 1. The van der Waals surface area contributed by atoms with Crippen molar-refractivity contribution >= 4 is 5.69 Å². The first kappa shape index (κ1) is 10.7. The van der Waals surface area contributed by atoms with Crippen molar-refractivity contribution in [2.45, 2.75) is 6.04 Å². The minimum absolute atomic E-state index is 0.308. The molecule has 0 bridgehead atoms. The van der Waals surface area contributed by atoms with Gasteiger partial charge in [0.25, 0.3) is 0 Å². The molecule has 1 aliphatic rings. The lowest BCUT2D eigenvalue weighted by Gasteiger charge is -2.36. The van der Waals surface area contributed by atoms with Gasteiger partial charge in [0.1, 0.15) is 0 Å². The van der Waals surface area contributed by atoms with Crippen molar-refractivity contribution in [2.24, 2.45) is 0 Å².